The molecule has 0 amide bonds. The van der Waals surface area contributed by atoms with E-state index >= 15 is 0 Å². The van der Waals surface area contributed by atoms with E-state index in [1.807, 2.05) is 37.3 Å². The first-order chi connectivity index (χ1) is 8.81. The van der Waals surface area contributed by atoms with E-state index in [-0.39, 0.29) is 12.1 Å². The minimum atomic E-state index is -0.534. The molecular weight excluding hydrogens is 228 g/mol. The highest BCUT2D eigenvalue weighted by Crippen LogP contribution is 2.60. The van der Waals surface area contributed by atoms with E-state index in [2.05, 4.69) is 0 Å². The van der Waals surface area contributed by atoms with Crippen LogP contribution in [0.25, 0.3) is 0 Å². The van der Waals surface area contributed by atoms with Crippen molar-refractivity contribution < 1.29 is 14.3 Å². The molecule has 3 heteroatoms. The molecule has 1 aliphatic carbocycles. The monoisotopic (exact) mass is 246 g/mol. The van der Waals surface area contributed by atoms with Crippen LogP contribution in [0.15, 0.2) is 30.3 Å². The van der Waals surface area contributed by atoms with Crippen LogP contribution in [0.5, 0.6) is 0 Å². The molecule has 2 aliphatic rings. The Morgan fingerprint density at radius 1 is 1.44 bits per heavy atom. The van der Waals surface area contributed by atoms with Crippen molar-refractivity contribution in [1.82, 2.24) is 0 Å². The summed E-state index contributed by atoms with van der Waals surface area (Å²) in [5.74, 6) is 0.181. The third-order valence-electron chi connectivity index (χ3n) is 4.11. The van der Waals surface area contributed by atoms with E-state index in [0.717, 1.165) is 25.0 Å². The number of ether oxygens (including phenoxy) is 2. The Hall–Kier alpha value is -1.35. The van der Waals surface area contributed by atoms with Crippen LogP contribution in [0, 0.1) is 5.92 Å². The average molecular weight is 246 g/mol. The fourth-order valence-electron chi connectivity index (χ4n) is 3.29. The molecule has 0 unspecified atom stereocenters. The molecule has 96 valence electrons. The van der Waals surface area contributed by atoms with Crippen LogP contribution in [0.4, 0.5) is 0 Å². The van der Waals surface area contributed by atoms with Gasteiger partial charge >= 0.3 is 5.97 Å². The summed E-state index contributed by atoms with van der Waals surface area (Å²) in [6.45, 7) is 3.03. The van der Waals surface area contributed by atoms with Gasteiger partial charge < -0.3 is 9.47 Å². The van der Waals surface area contributed by atoms with Gasteiger partial charge in [0.25, 0.3) is 0 Å². The second-order valence-corrected chi connectivity index (χ2v) is 5.00. The summed E-state index contributed by atoms with van der Waals surface area (Å²) in [6, 6.07) is 9.94. The topological polar surface area (TPSA) is 35.5 Å². The van der Waals surface area contributed by atoms with Gasteiger partial charge in [-0.05, 0) is 25.3 Å². The third kappa shape index (κ3) is 1.50. The van der Waals surface area contributed by atoms with Crippen LogP contribution in [0.2, 0.25) is 0 Å². The summed E-state index contributed by atoms with van der Waals surface area (Å²) >= 11 is 0. The number of carbonyl (C=O) groups is 1. The van der Waals surface area contributed by atoms with Gasteiger partial charge in [-0.25, -0.2) is 0 Å². The van der Waals surface area contributed by atoms with Crippen molar-refractivity contribution in [1.29, 1.82) is 0 Å². The van der Waals surface area contributed by atoms with E-state index in [9.17, 15) is 4.79 Å². The highest BCUT2D eigenvalue weighted by molar-refractivity contribution is 5.89. The molecule has 1 aromatic rings. The van der Waals surface area contributed by atoms with E-state index < -0.39 is 5.41 Å². The van der Waals surface area contributed by atoms with Crippen molar-refractivity contribution in [2.45, 2.75) is 31.3 Å². The number of fused-ring (bicyclic) bond motifs is 1. The molecule has 3 atom stereocenters. The zero-order chi connectivity index (χ0) is 12.6. The van der Waals surface area contributed by atoms with Gasteiger partial charge in [-0.3, -0.25) is 4.79 Å². The molecule has 18 heavy (non-hydrogen) atoms. The summed E-state index contributed by atoms with van der Waals surface area (Å²) in [5, 5.41) is 0. The first kappa shape index (κ1) is 11.7. The average Bonchev–Trinajstić information content (AvgIpc) is 3.10. The largest absolute Gasteiger partial charge is 0.465 e. The predicted molar refractivity (Wildman–Crippen MR) is 67.2 cm³/mol. The molecule has 0 N–H and O–H groups in total. The summed E-state index contributed by atoms with van der Waals surface area (Å²) in [7, 11) is 0. The highest BCUT2D eigenvalue weighted by atomic mass is 16.5. The zero-order valence-electron chi connectivity index (χ0n) is 10.6. The van der Waals surface area contributed by atoms with Gasteiger partial charge in [0, 0.05) is 12.5 Å². The number of hydrogen-bond donors (Lipinski definition) is 0. The van der Waals surface area contributed by atoms with Crippen molar-refractivity contribution in [2.24, 2.45) is 5.92 Å². The van der Waals surface area contributed by atoms with Crippen molar-refractivity contribution in [3.05, 3.63) is 35.9 Å². The van der Waals surface area contributed by atoms with E-state index in [0.29, 0.717) is 12.5 Å². The van der Waals surface area contributed by atoms with Crippen molar-refractivity contribution >= 4 is 5.97 Å². The standard InChI is InChI=1S/C15H18O3/c1-2-17-14(16)15(11-7-4-3-5-8-11)12-9-6-10-18-13(12)15/h3-5,7-8,12-13H,2,6,9-10H2,1H3/t12-,13+,15+/m0/s1. The molecule has 0 spiro atoms. The van der Waals surface area contributed by atoms with Crippen molar-refractivity contribution in [2.75, 3.05) is 13.2 Å². The third-order valence-corrected chi connectivity index (χ3v) is 4.11. The van der Waals surface area contributed by atoms with Gasteiger partial charge in [0.15, 0.2) is 0 Å². The second-order valence-electron chi connectivity index (χ2n) is 5.00. The van der Waals surface area contributed by atoms with Gasteiger partial charge in [-0.2, -0.15) is 0 Å². The summed E-state index contributed by atoms with van der Waals surface area (Å²) in [6.07, 6.45) is 2.11. The van der Waals surface area contributed by atoms with Crippen LogP contribution in [0.1, 0.15) is 25.3 Å². The lowest BCUT2D eigenvalue weighted by molar-refractivity contribution is -0.147. The summed E-state index contributed by atoms with van der Waals surface area (Å²) in [5.41, 5.74) is 0.508. The van der Waals surface area contributed by atoms with Crippen molar-refractivity contribution in [3.8, 4) is 0 Å². The van der Waals surface area contributed by atoms with Gasteiger partial charge in [-0.15, -0.1) is 0 Å². The SMILES string of the molecule is CCOC(=O)[C@@]1(c2ccccc2)[C@@H]2OCCC[C@@H]21. The minimum Gasteiger partial charge on any atom is -0.465 e. The molecule has 1 saturated heterocycles. The Balaban J connectivity index is 1.98. The first-order valence-electron chi connectivity index (χ1n) is 6.66. The molecule has 1 saturated carbocycles. The Bertz CT molecular complexity index is 428. The molecule has 3 rings (SSSR count). The Kier molecular flexibility index (Phi) is 2.86. The second kappa shape index (κ2) is 4.39. The van der Waals surface area contributed by atoms with Crippen LogP contribution >= 0.6 is 0 Å². The molecule has 1 aliphatic heterocycles. The maximum absolute atomic E-state index is 12.4. The Morgan fingerprint density at radius 2 is 2.22 bits per heavy atom. The number of hydrogen-bond acceptors (Lipinski definition) is 3. The van der Waals surface area contributed by atoms with Crippen LogP contribution in [0.3, 0.4) is 0 Å². The fraction of sp³-hybridized carbons (Fsp3) is 0.533. The maximum atomic E-state index is 12.4. The molecule has 1 heterocycles. The molecule has 0 radical (unpaired) electrons. The lowest BCUT2D eigenvalue weighted by atomic mass is 9.92. The van der Waals surface area contributed by atoms with E-state index in [1.165, 1.54) is 0 Å². The first-order valence-corrected chi connectivity index (χ1v) is 6.66. The molecule has 1 aromatic carbocycles. The number of carbonyl (C=O) groups excluding carboxylic acids is 1. The lowest BCUT2D eigenvalue weighted by Gasteiger charge is -2.16. The van der Waals surface area contributed by atoms with E-state index in [4.69, 9.17) is 9.47 Å². The fourth-order valence-corrected chi connectivity index (χ4v) is 3.29. The van der Waals surface area contributed by atoms with Crippen LogP contribution < -0.4 is 0 Å². The van der Waals surface area contributed by atoms with Gasteiger partial charge in [0.1, 0.15) is 5.41 Å². The van der Waals surface area contributed by atoms with Gasteiger partial charge in [-0.1, -0.05) is 30.3 Å². The molecule has 0 bridgehead atoms. The smallest absolute Gasteiger partial charge is 0.319 e. The summed E-state index contributed by atoms with van der Waals surface area (Å²) in [4.78, 5) is 12.4. The van der Waals surface area contributed by atoms with Crippen LogP contribution in [-0.2, 0) is 19.7 Å². The lowest BCUT2D eigenvalue weighted by Crippen LogP contribution is -2.28. The molecular formula is C15H18O3. The summed E-state index contributed by atoms with van der Waals surface area (Å²) < 4.78 is 11.1. The van der Waals surface area contributed by atoms with Gasteiger partial charge in [0.05, 0.1) is 12.7 Å². The van der Waals surface area contributed by atoms with E-state index in [1.54, 1.807) is 0 Å². The normalized spacial score (nSPS) is 33.6. The highest BCUT2D eigenvalue weighted by Gasteiger charge is 2.73. The zero-order valence-corrected chi connectivity index (χ0v) is 10.6. The predicted octanol–water partition coefficient (Wildman–Crippen LogP) is 2.30. The van der Waals surface area contributed by atoms with Crippen molar-refractivity contribution in [3.63, 3.8) is 0 Å². The maximum Gasteiger partial charge on any atom is 0.319 e. The molecule has 0 aromatic heterocycles. The van der Waals surface area contributed by atoms with Gasteiger partial charge in [0.2, 0.25) is 0 Å². The minimum absolute atomic E-state index is 0.0210. The quantitative estimate of drug-likeness (QED) is 0.768. The Morgan fingerprint density at radius 3 is 2.83 bits per heavy atom. The molecule has 2 fully saturated rings. The molecule has 3 nitrogen and oxygen atoms in total. The van der Waals surface area contributed by atoms with Crippen LogP contribution in [-0.4, -0.2) is 25.3 Å². The number of benzene rings is 1. The number of rotatable bonds is 3. The number of esters is 1. The Labute approximate surface area is 107 Å².